The molecule has 0 aliphatic carbocycles. The van der Waals surface area contributed by atoms with E-state index < -0.39 is 0 Å². The van der Waals surface area contributed by atoms with Crippen LogP contribution in [0.3, 0.4) is 0 Å². The van der Waals surface area contributed by atoms with Gasteiger partial charge in [-0.2, -0.15) is 0 Å². The molecule has 2 saturated heterocycles. The maximum absolute atomic E-state index is 12.3. The van der Waals surface area contributed by atoms with Crippen molar-refractivity contribution in [3.05, 3.63) is 29.1 Å². The number of aryl methyl sites for hydroxylation is 2. The molecule has 2 aliphatic rings. The van der Waals surface area contributed by atoms with Crippen molar-refractivity contribution in [1.82, 2.24) is 15.2 Å². The Kier molecular flexibility index (Phi) is 3.20. The summed E-state index contributed by atoms with van der Waals surface area (Å²) in [6.45, 7) is 5.23. The molecule has 20 heavy (non-hydrogen) atoms. The smallest absolute Gasteiger partial charge is 0.227 e. The summed E-state index contributed by atoms with van der Waals surface area (Å²) in [5.74, 6) is 0.554. The molecule has 0 unspecified atom stereocenters. The Hall–Kier alpha value is -1.91. The Bertz CT molecular complexity index is 534. The molecular formula is C15H19N3O2. The number of aromatic nitrogens is 1. The maximum atomic E-state index is 12.3. The SMILES string of the molecule is Cc1cc(CC(=O)N2C[C@@H]3CC(=O)N[C@@H]3C2)cc(C)n1. The van der Waals surface area contributed by atoms with Gasteiger partial charge in [-0.05, 0) is 31.5 Å². The highest BCUT2D eigenvalue weighted by molar-refractivity contribution is 5.82. The molecule has 1 aromatic rings. The normalized spacial score (nSPS) is 24.7. The molecule has 2 amide bonds. The molecule has 5 heteroatoms. The third kappa shape index (κ3) is 2.53. The third-order valence-electron chi connectivity index (χ3n) is 4.08. The van der Waals surface area contributed by atoms with Crippen LogP contribution in [0.5, 0.6) is 0 Å². The Morgan fingerprint density at radius 2 is 2.05 bits per heavy atom. The number of carbonyl (C=O) groups is 2. The van der Waals surface area contributed by atoms with E-state index in [1.54, 1.807) is 0 Å². The molecule has 1 N–H and O–H groups in total. The number of nitrogens with one attached hydrogen (secondary N) is 1. The summed E-state index contributed by atoms with van der Waals surface area (Å²) in [6.07, 6.45) is 0.972. The van der Waals surface area contributed by atoms with Gasteiger partial charge in [-0.25, -0.2) is 0 Å². The van der Waals surface area contributed by atoms with Crippen LogP contribution < -0.4 is 5.32 Å². The number of likely N-dealkylation sites (tertiary alicyclic amines) is 1. The van der Waals surface area contributed by atoms with E-state index in [0.717, 1.165) is 17.0 Å². The third-order valence-corrected chi connectivity index (χ3v) is 4.08. The fraction of sp³-hybridized carbons (Fsp3) is 0.533. The maximum Gasteiger partial charge on any atom is 0.227 e. The number of hydrogen-bond donors (Lipinski definition) is 1. The molecule has 1 aromatic heterocycles. The molecule has 3 rings (SSSR count). The van der Waals surface area contributed by atoms with Gasteiger partial charge in [-0.1, -0.05) is 0 Å². The highest BCUT2D eigenvalue weighted by atomic mass is 16.2. The summed E-state index contributed by atoms with van der Waals surface area (Å²) in [5, 5.41) is 2.94. The molecule has 2 atom stereocenters. The first-order valence-corrected chi connectivity index (χ1v) is 7.02. The largest absolute Gasteiger partial charge is 0.351 e. The number of hydrogen-bond acceptors (Lipinski definition) is 3. The van der Waals surface area contributed by atoms with Gasteiger partial charge in [0.15, 0.2) is 0 Å². The Balaban J connectivity index is 1.64. The van der Waals surface area contributed by atoms with Gasteiger partial charge in [-0.15, -0.1) is 0 Å². The summed E-state index contributed by atoms with van der Waals surface area (Å²) in [4.78, 5) is 29.8. The van der Waals surface area contributed by atoms with Gasteiger partial charge in [0.2, 0.25) is 11.8 Å². The predicted octanol–water partition coefficient (Wildman–Crippen LogP) is 0.588. The second-order valence-electron chi connectivity index (χ2n) is 5.87. The lowest BCUT2D eigenvalue weighted by Crippen LogP contribution is -2.36. The summed E-state index contributed by atoms with van der Waals surface area (Å²) >= 11 is 0. The van der Waals surface area contributed by atoms with Gasteiger partial charge in [-0.3, -0.25) is 14.6 Å². The van der Waals surface area contributed by atoms with E-state index in [2.05, 4.69) is 10.3 Å². The number of carbonyl (C=O) groups excluding carboxylic acids is 2. The van der Waals surface area contributed by atoms with Gasteiger partial charge in [0.1, 0.15) is 0 Å². The lowest BCUT2D eigenvalue weighted by Gasteiger charge is -2.17. The van der Waals surface area contributed by atoms with Gasteiger partial charge in [0.25, 0.3) is 0 Å². The van der Waals surface area contributed by atoms with Gasteiger partial charge in [0, 0.05) is 36.8 Å². The van der Waals surface area contributed by atoms with Crippen molar-refractivity contribution in [3.8, 4) is 0 Å². The average molecular weight is 273 g/mol. The number of pyridine rings is 1. The van der Waals surface area contributed by atoms with E-state index in [1.807, 2.05) is 30.9 Å². The predicted molar refractivity (Wildman–Crippen MR) is 74.0 cm³/mol. The van der Waals surface area contributed by atoms with E-state index in [1.165, 1.54) is 0 Å². The van der Waals surface area contributed by atoms with Crippen molar-refractivity contribution in [1.29, 1.82) is 0 Å². The Morgan fingerprint density at radius 3 is 2.70 bits per heavy atom. The topological polar surface area (TPSA) is 62.3 Å². The van der Waals surface area contributed by atoms with Crippen molar-refractivity contribution in [2.45, 2.75) is 32.7 Å². The van der Waals surface area contributed by atoms with Crippen molar-refractivity contribution < 1.29 is 9.59 Å². The molecule has 0 spiro atoms. The first-order valence-electron chi connectivity index (χ1n) is 7.02. The number of amides is 2. The summed E-state index contributed by atoms with van der Waals surface area (Å²) in [6, 6.07) is 4.08. The monoisotopic (exact) mass is 273 g/mol. The molecule has 0 radical (unpaired) electrons. The van der Waals surface area contributed by atoms with Crippen LogP contribution in [0.1, 0.15) is 23.4 Å². The average Bonchev–Trinajstić information content (AvgIpc) is 2.84. The van der Waals surface area contributed by atoms with Crippen LogP contribution in [0.15, 0.2) is 12.1 Å². The van der Waals surface area contributed by atoms with E-state index in [-0.39, 0.29) is 17.9 Å². The van der Waals surface area contributed by atoms with Crippen LogP contribution in [-0.2, 0) is 16.0 Å². The van der Waals surface area contributed by atoms with Crippen LogP contribution in [0.2, 0.25) is 0 Å². The number of rotatable bonds is 2. The van der Waals surface area contributed by atoms with Crippen molar-refractivity contribution in [2.75, 3.05) is 13.1 Å². The zero-order chi connectivity index (χ0) is 14.3. The number of nitrogens with zero attached hydrogens (tertiary/aromatic N) is 2. The molecule has 0 aromatic carbocycles. The van der Waals surface area contributed by atoms with E-state index >= 15 is 0 Å². The van der Waals surface area contributed by atoms with Gasteiger partial charge >= 0.3 is 0 Å². The molecular weight excluding hydrogens is 254 g/mol. The number of fused-ring (bicyclic) bond motifs is 1. The molecule has 106 valence electrons. The first-order chi connectivity index (χ1) is 9.51. The molecule has 0 bridgehead atoms. The fourth-order valence-electron chi connectivity index (χ4n) is 3.26. The summed E-state index contributed by atoms with van der Waals surface area (Å²) in [7, 11) is 0. The second-order valence-corrected chi connectivity index (χ2v) is 5.87. The van der Waals surface area contributed by atoms with E-state index in [4.69, 9.17) is 0 Å². The first kappa shape index (κ1) is 13.1. The fourth-order valence-corrected chi connectivity index (χ4v) is 3.26. The van der Waals surface area contributed by atoms with E-state index in [0.29, 0.717) is 31.8 Å². The highest BCUT2D eigenvalue weighted by Crippen LogP contribution is 2.25. The standard InChI is InChI=1S/C15H19N3O2/c1-9-3-11(4-10(2)16-9)5-15(20)18-7-12-6-14(19)17-13(12)8-18/h3-4,12-13H,5-8H2,1-2H3,(H,17,19)/t12-,13+/m0/s1. The minimum atomic E-state index is 0.118. The second kappa shape index (κ2) is 4.89. The van der Waals surface area contributed by atoms with E-state index in [9.17, 15) is 9.59 Å². The summed E-state index contributed by atoms with van der Waals surface area (Å²) < 4.78 is 0. The van der Waals surface area contributed by atoms with Crippen molar-refractivity contribution >= 4 is 11.8 Å². The lowest BCUT2D eigenvalue weighted by atomic mass is 10.1. The molecule has 0 saturated carbocycles. The Labute approximate surface area is 118 Å². The summed E-state index contributed by atoms with van der Waals surface area (Å²) in [5.41, 5.74) is 2.90. The van der Waals surface area contributed by atoms with Gasteiger partial charge < -0.3 is 10.2 Å². The minimum Gasteiger partial charge on any atom is -0.351 e. The van der Waals surface area contributed by atoms with Crippen LogP contribution in [0.4, 0.5) is 0 Å². The molecule has 2 fully saturated rings. The van der Waals surface area contributed by atoms with Crippen LogP contribution in [0.25, 0.3) is 0 Å². The quantitative estimate of drug-likeness (QED) is 0.857. The van der Waals surface area contributed by atoms with Crippen LogP contribution >= 0.6 is 0 Å². The zero-order valence-corrected chi connectivity index (χ0v) is 11.8. The van der Waals surface area contributed by atoms with Gasteiger partial charge in [0.05, 0.1) is 12.5 Å². The highest BCUT2D eigenvalue weighted by Gasteiger charge is 2.41. The Morgan fingerprint density at radius 1 is 1.35 bits per heavy atom. The minimum absolute atomic E-state index is 0.118. The van der Waals surface area contributed by atoms with Crippen LogP contribution in [0, 0.1) is 19.8 Å². The lowest BCUT2D eigenvalue weighted by molar-refractivity contribution is -0.130. The zero-order valence-electron chi connectivity index (χ0n) is 11.8. The molecule has 2 aliphatic heterocycles. The molecule has 5 nitrogen and oxygen atoms in total. The van der Waals surface area contributed by atoms with Crippen LogP contribution in [-0.4, -0.2) is 40.8 Å². The van der Waals surface area contributed by atoms with Crippen molar-refractivity contribution in [3.63, 3.8) is 0 Å². The van der Waals surface area contributed by atoms with Crippen molar-refractivity contribution in [2.24, 2.45) is 5.92 Å². The molecule has 3 heterocycles.